The Morgan fingerprint density at radius 2 is 1.83 bits per heavy atom. The van der Waals surface area contributed by atoms with Gasteiger partial charge < -0.3 is 10.2 Å². The minimum atomic E-state index is -4.41. The highest BCUT2D eigenvalue weighted by Crippen LogP contribution is 2.31. The van der Waals surface area contributed by atoms with Gasteiger partial charge in [-0.05, 0) is 30.3 Å². The van der Waals surface area contributed by atoms with Crippen molar-refractivity contribution in [2.24, 2.45) is 5.10 Å². The lowest BCUT2D eigenvalue weighted by atomic mass is 10.2. The molecule has 0 spiro atoms. The molecular weight excluding hydrogens is 402 g/mol. The highest BCUT2D eigenvalue weighted by atomic mass is 19.4. The summed E-state index contributed by atoms with van der Waals surface area (Å²) in [5.41, 5.74) is 3.12. The highest BCUT2D eigenvalue weighted by molar-refractivity contribution is 5.78. The van der Waals surface area contributed by atoms with E-state index in [9.17, 15) is 17.6 Å². The van der Waals surface area contributed by atoms with Crippen molar-refractivity contribution >= 4 is 29.4 Å². The molecule has 0 unspecified atom stereocenters. The number of halogens is 4. The van der Waals surface area contributed by atoms with Gasteiger partial charge in [0.15, 0.2) is 11.6 Å². The summed E-state index contributed by atoms with van der Waals surface area (Å²) < 4.78 is 52.0. The summed E-state index contributed by atoms with van der Waals surface area (Å²) in [5.74, 6) is -0.329. The number of nitrogens with zero attached hydrogens (tertiary/aromatic N) is 5. The first-order chi connectivity index (χ1) is 14.2. The summed E-state index contributed by atoms with van der Waals surface area (Å²) in [7, 11) is 3.30. The van der Waals surface area contributed by atoms with Crippen LogP contribution in [-0.4, -0.2) is 35.3 Å². The van der Waals surface area contributed by atoms with E-state index in [-0.39, 0.29) is 11.8 Å². The van der Waals surface area contributed by atoms with Gasteiger partial charge in [-0.2, -0.15) is 23.3 Å². The zero-order valence-electron chi connectivity index (χ0n) is 15.9. The summed E-state index contributed by atoms with van der Waals surface area (Å²) in [6, 6.07) is 8.14. The van der Waals surface area contributed by atoms with E-state index in [4.69, 9.17) is 0 Å². The number of anilines is 4. The molecule has 0 aliphatic carbocycles. The van der Waals surface area contributed by atoms with Gasteiger partial charge in [-0.25, -0.2) is 14.8 Å². The molecule has 1 aromatic carbocycles. The van der Waals surface area contributed by atoms with Crippen LogP contribution < -0.4 is 15.6 Å². The molecule has 0 saturated heterocycles. The molecule has 2 N–H and O–H groups in total. The van der Waals surface area contributed by atoms with Crippen LogP contribution >= 0.6 is 0 Å². The van der Waals surface area contributed by atoms with Crippen LogP contribution in [-0.2, 0) is 6.18 Å². The monoisotopic (exact) mass is 419 g/mol. The molecule has 2 heterocycles. The standard InChI is InChI=1S/C19H17F4N7/c1-30(2)17-16(20)11-25-18(28-17)29-26-10-14-6-7-15(9-24-14)27-13-5-3-4-12(8-13)19(21,22)23/h3-11,27H,1-2H3,(H,25,28,29)/b26-10+. The summed E-state index contributed by atoms with van der Waals surface area (Å²) in [4.78, 5) is 13.4. The Morgan fingerprint density at radius 1 is 1.03 bits per heavy atom. The zero-order valence-corrected chi connectivity index (χ0v) is 15.9. The first kappa shape index (κ1) is 21.0. The van der Waals surface area contributed by atoms with Crippen molar-refractivity contribution in [3.05, 3.63) is 65.9 Å². The van der Waals surface area contributed by atoms with Crippen LogP contribution in [0.3, 0.4) is 0 Å². The smallest absolute Gasteiger partial charge is 0.360 e. The number of aromatic nitrogens is 3. The van der Waals surface area contributed by atoms with Crippen LogP contribution in [0.1, 0.15) is 11.3 Å². The minimum absolute atomic E-state index is 0.110. The molecule has 7 nitrogen and oxygen atoms in total. The number of alkyl halides is 3. The first-order valence-electron chi connectivity index (χ1n) is 8.61. The predicted molar refractivity (Wildman–Crippen MR) is 106 cm³/mol. The second kappa shape index (κ2) is 8.72. The van der Waals surface area contributed by atoms with E-state index in [1.54, 1.807) is 26.2 Å². The molecular formula is C19H17F4N7. The molecule has 0 atom stereocenters. The van der Waals surface area contributed by atoms with Crippen molar-refractivity contribution < 1.29 is 17.6 Å². The van der Waals surface area contributed by atoms with Crippen molar-refractivity contribution in [3.63, 3.8) is 0 Å². The van der Waals surface area contributed by atoms with Crippen molar-refractivity contribution in [3.8, 4) is 0 Å². The number of hydrogen-bond acceptors (Lipinski definition) is 7. The minimum Gasteiger partial charge on any atom is -0.360 e. The molecule has 0 aliphatic heterocycles. The molecule has 0 bridgehead atoms. The van der Waals surface area contributed by atoms with Gasteiger partial charge in [-0.15, -0.1) is 0 Å². The third-order valence-corrected chi connectivity index (χ3v) is 3.78. The SMILES string of the molecule is CN(C)c1nc(N/N=C/c2ccc(Nc3cccc(C(F)(F)F)c3)cn2)ncc1F. The van der Waals surface area contributed by atoms with Gasteiger partial charge >= 0.3 is 6.18 Å². The Balaban J connectivity index is 1.63. The van der Waals surface area contributed by atoms with E-state index in [0.717, 1.165) is 18.3 Å². The van der Waals surface area contributed by atoms with Crippen molar-refractivity contribution in [1.82, 2.24) is 15.0 Å². The second-order valence-corrected chi connectivity index (χ2v) is 6.30. The molecule has 0 radical (unpaired) electrons. The first-order valence-corrected chi connectivity index (χ1v) is 8.61. The lowest BCUT2D eigenvalue weighted by Gasteiger charge is -2.12. The molecule has 3 rings (SSSR count). The van der Waals surface area contributed by atoms with Gasteiger partial charge in [-0.1, -0.05) is 6.07 Å². The second-order valence-electron chi connectivity index (χ2n) is 6.30. The molecule has 11 heteroatoms. The van der Waals surface area contributed by atoms with E-state index in [0.29, 0.717) is 17.1 Å². The van der Waals surface area contributed by atoms with Crippen molar-refractivity contribution in [1.29, 1.82) is 0 Å². The Bertz CT molecular complexity index is 1030. The highest BCUT2D eigenvalue weighted by Gasteiger charge is 2.30. The molecule has 0 fully saturated rings. The molecule has 156 valence electrons. The van der Waals surface area contributed by atoms with Crippen LogP contribution in [0.25, 0.3) is 0 Å². The van der Waals surface area contributed by atoms with E-state index >= 15 is 0 Å². The average molecular weight is 419 g/mol. The predicted octanol–water partition coefficient (Wildman–Crippen LogP) is 4.29. The number of rotatable bonds is 6. The molecule has 30 heavy (non-hydrogen) atoms. The average Bonchev–Trinajstić information content (AvgIpc) is 2.70. The fourth-order valence-corrected chi connectivity index (χ4v) is 2.38. The van der Waals surface area contributed by atoms with Crippen LogP contribution in [0.15, 0.2) is 53.9 Å². The molecule has 3 aromatic rings. The number of benzene rings is 1. The van der Waals surface area contributed by atoms with Crippen molar-refractivity contribution in [2.75, 3.05) is 29.7 Å². The van der Waals surface area contributed by atoms with Gasteiger partial charge in [0.25, 0.3) is 0 Å². The number of hydrazone groups is 1. The third-order valence-electron chi connectivity index (χ3n) is 3.78. The van der Waals surface area contributed by atoms with Crippen LogP contribution in [0.5, 0.6) is 0 Å². The maximum absolute atomic E-state index is 13.6. The fraction of sp³-hybridized carbons (Fsp3) is 0.158. The summed E-state index contributed by atoms with van der Waals surface area (Å²) >= 11 is 0. The Morgan fingerprint density at radius 3 is 2.50 bits per heavy atom. The topological polar surface area (TPSA) is 78.3 Å². The fourth-order valence-electron chi connectivity index (χ4n) is 2.38. The summed E-state index contributed by atoms with van der Waals surface area (Å²) in [5, 5.41) is 6.81. The van der Waals surface area contributed by atoms with Gasteiger partial charge in [0.2, 0.25) is 5.95 Å². The van der Waals surface area contributed by atoms with Crippen molar-refractivity contribution in [2.45, 2.75) is 6.18 Å². The van der Waals surface area contributed by atoms with Crippen LogP contribution in [0, 0.1) is 5.82 Å². The lowest BCUT2D eigenvalue weighted by molar-refractivity contribution is -0.137. The van der Waals surface area contributed by atoms with Crippen LogP contribution in [0.4, 0.5) is 40.7 Å². The molecule has 2 aromatic heterocycles. The lowest BCUT2D eigenvalue weighted by Crippen LogP contribution is -2.14. The van der Waals surface area contributed by atoms with E-state index < -0.39 is 17.6 Å². The molecule has 0 saturated carbocycles. The Labute approximate surface area is 169 Å². The third kappa shape index (κ3) is 5.40. The van der Waals surface area contributed by atoms with E-state index in [1.165, 1.54) is 29.4 Å². The van der Waals surface area contributed by atoms with Gasteiger partial charge in [0.1, 0.15) is 0 Å². The largest absolute Gasteiger partial charge is 0.416 e. The summed E-state index contributed by atoms with van der Waals surface area (Å²) in [6.45, 7) is 0. The maximum Gasteiger partial charge on any atom is 0.416 e. The van der Waals surface area contributed by atoms with Gasteiger partial charge in [-0.3, -0.25) is 4.98 Å². The zero-order chi connectivity index (χ0) is 21.7. The maximum atomic E-state index is 13.6. The molecule has 0 amide bonds. The Hall–Kier alpha value is -3.76. The molecule has 0 aliphatic rings. The number of nitrogens with one attached hydrogen (secondary N) is 2. The quantitative estimate of drug-likeness (QED) is 0.353. The summed E-state index contributed by atoms with van der Waals surface area (Å²) in [6.07, 6.45) is -0.520. The van der Waals surface area contributed by atoms with Gasteiger partial charge in [0, 0.05) is 19.8 Å². The van der Waals surface area contributed by atoms with E-state index in [1.807, 2.05) is 0 Å². The van der Waals surface area contributed by atoms with E-state index in [2.05, 4.69) is 30.8 Å². The van der Waals surface area contributed by atoms with Crippen LogP contribution in [0.2, 0.25) is 0 Å². The number of hydrogen-bond donors (Lipinski definition) is 2. The Kier molecular flexibility index (Phi) is 6.09. The van der Waals surface area contributed by atoms with Gasteiger partial charge in [0.05, 0.1) is 35.6 Å². The normalized spacial score (nSPS) is 11.5. The number of pyridine rings is 1.